The van der Waals surface area contributed by atoms with Gasteiger partial charge in [0.15, 0.2) is 17.6 Å². The molecule has 0 aliphatic carbocycles. The lowest BCUT2D eigenvalue weighted by Crippen LogP contribution is -2.30. The lowest BCUT2D eigenvalue weighted by atomic mass is 10.2. The van der Waals surface area contributed by atoms with Crippen molar-refractivity contribution in [3.05, 3.63) is 54.1 Å². The Morgan fingerprint density at radius 3 is 2.36 bits per heavy atom. The number of hydrogen-bond donors (Lipinski definition) is 2. The molecule has 1 unspecified atom stereocenters. The Balaban J connectivity index is 1.99. The Bertz CT molecular complexity index is 626. The number of benzene rings is 2. The summed E-state index contributed by atoms with van der Waals surface area (Å²) in [6.45, 7) is 2.16. The van der Waals surface area contributed by atoms with Gasteiger partial charge < -0.3 is 20.5 Å². The van der Waals surface area contributed by atoms with E-state index in [0.717, 1.165) is 5.56 Å². The minimum atomic E-state index is -0.648. The first-order chi connectivity index (χ1) is 10.6. The minimum absolute atomic E-state index is 0.230. The largest absolute Gasteiger partial charge is 0.493 e. The van der Waals surface area contributed by atoms with E-state index < -0.39 is 6.10 Å². The van der Waals surface area contributed by atoms with E-state index in [4.69, 9.17) is 15.2 Å². The number of amides is 1. The number of rotatable bonds is 6. The van der Waals surface area contributed by atoms with E-state index in [1.54, 1.807) is 26.2 Å². The molecule has 0 spiro atoms. The molecule has 0 fully saturated rings. The average Bonchev–Trinajstić information content (AvgIpc) is 2.56. The molecule has 1 atom stereocenters. The van der Waals surface area contributed by atoms with Gasteiger partial charge in [-0.1, -0.05) is 24.3 Å². The van der Waals surface area contributed by atoms with Crippen molar-refractivity contribution in [2.75, 3.05) is 12.4 Å². The zero-order chi connectivity index (χ0) is 15.9. The number of carbonyl (C=O) groups excluding carboxylic acids is 1. The van der Waals surface area contributed by atoms with Gasteiger partial charge in [0.1, 0.15) is 0 Å². The Kier molecular flexibility index (Phi) is 5.38. The van der Waals surface area contributed by atoms with Crippen molar-refractivity contribution in [3.63, 3.8) is 0 Å². The van der Waals surface area contributed by atoms with Gasteiger partial charge in [0.25, 0.3) is 5.91 Å². The summed E-state index contributed by atoms with van der Waals surface area (Å²) < 4.78 is 10.9. The molecule has 5 nitrogen and oxygen atoms in total. The third-order valence-corrected chi connectivity index (χ3v) is 3.20. The fraction of sp³-hybridized carbons (Fsp3) is 0.235. The van der Waals surface area contributed by atoms with Gasteiger partial charge in [0, 0.05) is 12.2 Å². The molecule has 3 N–H and O–H groups in total. The van der Waals surface area contributed by atoms with E-state index in [1.165, 1.54) is 0 Å². The van der Waals surface area contributed by atoms with Crippen LogP contribution in [0.25, 0.3) is 0 Å². The van der Waals surface area contributed by atoms with E-state index in [2.05, 4.69) is 5.32 Å². The maximum absolute atomic E-state index is 12.2. The molecule has 116 valence electrons. The number of hydrogen-bond acceptors (Lipinski definition) is 4. The number of nitrogens with two attached hydrogens (primary N) is 1. The van der Waals surface area contributed by atoms with Crippen molar-refractivity contribution in [2.24, 2.45) is 5.73 Å². The maximum Gasteiger partial charge on any atom is 0.265 e. The number of para-hydroxylation sites is 2. The quantitative estimate of drug-likeness (QED) is 0.860. The second-order valence-corrected chi connectivity index (χ2v) is 4.80. The number of carbonyl (C=O) groups is 1. The van der Waals surface area contributed by atoms with Gasteiger partial charge >= 0.3 is 0 Å². The number of anilines is 1. The summed E-state index contributed by atoms with van der Waals surface area (Å²) in [4.78, 5) is 12.2. The van der Waals surface area contributed by atoms with Crippen LogP contribution < -0.4 is 20.5 Å². The summed E-state index contributed by atoms with van der Waals surface area (Å²) in [5, 5.41) is 2.81. The average molecular weight is 300 g/mol. The molecule has 0 saturated carbocycles. The van der Waals surface area contributed by atoms with Crippen molar-refractivity contribution in [2.45, 2.75) is 19.6 Å². The molecule has 0 aliphatic rings. The molecule has 22 heavy (non-hydrogen) atoms. The molecule has 2 aromatic carbocycles. The Labute approximate surface area is 130 Å². The van der Waals surface area contributed by atoms with Crippen LogP contribution in [0.4, 0.5) is 5.69 Å². The normalized spacial score (nSPS) is 11.6. The van der Waals surface area contributed by atoms with E-state index in [-0.39, 0.29) is 5.91 Å². The Morgan fingerprint density at radius 1 is 1.14 bits per heavy atom. The fourth-order valence-corrected chi connectivity index (χ4v) is 1.93. The van der Waals surface area contributed by atoms with Crippen molar-refractivity contribution >= 4 is 11.6 Å². The Hall–Kier alpha value is -2.53. The minimum Gasteiger partial charge on any atom is -0.493 e. The van der Waals surface area contributed by atoms with Crippen LogP contribution in [-0.2, 0) is 11.3 Å². The van der Waals surface area contributed by atoms with Crippen LogP contribution in [0.2, 0.25) is 0 Å². The fourth-order valence-electron chi connectivity index (χ4n) is 1.93. The van der Waals surface area contributed by atoms with Gasteiger partial charge in [-0.15, -0.1) is 0 Å². The van der Waals surface area contributed by atoms with Gasteiger partial charge in [-0.3, -0.25) is 4.79 Å². The van der Waals surface area contributed by atoms with Crippen LogP contribution in [0.3, 0.4) is 0 Å². The summed E-state index contributed by atoms with van der Waals surface area (Å²) in [5.74, 6) is 0.895. The lowest BCUT2D eigenvalue weighted by Gasteiger charge is -2.16. The zero-order valence-corrected chi connectivity index (χ0v) is 12.7. The van der Waals surface area contributed by atoms with Crippen molar-refractivity contribution in [3.8, 4) is 11.5 Å². The molecule has 0 radical (unpaired) electrons. The van der Waals surface area contributed by atoms with E-state index in [9.17, 15) is 4.79 Å². The highest BCUT2D eigenvalue weighted by molar-refractivity contribution is 5.94. The number of ether oxygens (including phenoxy) is 2. The molecule has 0 aromatic heterocycles. The summed E-state index contributed by atoms with van der Waals surface area (Å²) in [6.07, 6.45) is -0.648. The van der Waals surface area contributed by atoms with Crippen molar-refractivity contribution in [1.82, 2.24) is 0 Å². The first kappa shape index (κ1) is 15.9. The molecule has 0 saturated heterocycles. The third-order valence-electron chi connectivity index (χ3n) is 3.20. The smallest absolute Gasteiger partial charge is 0.265 e. The van der Waals surface area contributed by atoms with Crippen LogP contribution >= 0.6 is 0 Å². The predicted octanol–water partition coefficient (Wildman–Crippen LogP) is 2.56. The van der Waals surface area contributed by atoms with Crippen molar-refractivity contribution < 1.29 is 14.3 Å². The molecular formula is C17H20N2O3. The SMILES string of the molecule is COc1ccccc1OC(C)C(=O)Nc1ccc(CN)cc1. The van der Waals surface area contributed by atoms with Gasteiger partial charge in [-0.2, -0.15) is 0 Å². The predicted molar refractivity (Wildman–Crippen MR) is 86.0 cm³/mol. The summed E-state index contributed by atoms with van der Waals surface area (Å²) >= 11 is 0. The molecule has 2 rings (SSSR count). The van der Waals surface area contributed by atoms with E-state index in [1.807, 2.05) is 36.4 Å². The Morgan fingerprint density at radius 2 is 1.77 bits per heavy atom. The highest BCUT2D eigenvalue weighted by Gasteiger charge is 2.16. The standard InChI is InChI=1S/C17H20N2O3/c1-12(22-16-6-4-3-5-15(16)21-2)17(20)19-14-9-7-13(11-18)8-10-14/h3-10,12H,11,18H2,1-2H3,(H,19,20). The van der Waals surface area contributed by atoms with Crippen LogP contribution in [0.15, 0.2) is 48.5 Å². The maximum atomic E-state index is 12.2. The van der Waals surface area contributed by atoms with Gasteiger partial charge in [0.05, 0.1) is 7.11 Å². The zero-order valence-electron chi connectivity index (χ0n) is 12.7. The highest BCUT2D eigenvalue weighted by Crippen LogP contribution is 2.27. The molecule has 0 bridgehead atoms. The number of methoxy groups -OCH3 is 1. The van der Waals surface area contributed by atoms with Crippen LogP contribution in [0.5, 0.6) is 11.5 Å². The molecule has 0 heterocycles. The van der Waals surface area contributed by atoms with Crippen molar-refractivity contribution in [1.29, 1.82) is 0 Å². The van der Waals surface area contributed by atoms with Crippen LogP contribution in [-0.4, -0.2) is 19.1 Å². The molecule has 2 aromatic rings. The summed E-state index contributed by atoms with van der Waals surface area (Å²) in [5.41, 5.74) is 7.26. The molecule has 5 heteroatoms. The van der Waals surface area contributed by atoms with E-state index in [0.29, 0.717) is 23.7 Å². The second-order valence-electron chi connectivity index (χ2n) is 4.80. The van der Waals surface area contributed by atoms with Crippen LogP contribution in [0.1, 0.15) is 12.5 Å². The highest BCUT2D eigenvalue weighted by atomic mass is 16.5. The lowest BCUT2D eigenvalue weighted by molar-refractivity contribution is -0.122. The topological polar surface area (TPSA) is 73.6 Å². The van der Waals surface area contributed by atoms with Crippen LogP contribution in [0, 0.1) is 0 Å². The summed E-state index contributed by atoms with van der Waals surface area (Å²) in [6, 6.07) is 14.6. The second kappa shape index (κ2) is 7.47. The number of nitrogens with one attached hydrogen (secondary N) is 1. The third kappa shape index (κ3) is 3.99. The van der Waals surface area contributed by atoms with E-state index >= 15 is 0 Å². The first-order valence-corrected chi connectivity index (χ1v) is 7.03. The van der Waals surface area contributed by atoms with Gasteiger partial charge in [-0.25, -0.2) is 0 Å². The molecular weight excluding hydrogens is 280 g/mol. The van der Waals surface area contributed by atoms with Gasteiger partial charge in [-0.05, 0) is 36.8 Å². The van der Waals surface area contributed by atoms with Gasteiger partial charge in [0.2, 0.25) is 0 Å². The molecule has 1 amide bonds. The monoisotopic (exact) mass is 300 g/mol. The first-order valence-electron chi connectivity index (χ1n) is 7.03. The summed E-state index contributed by atoms with van der Waals surface area (Å²) in [7, 11) is 1.56. The molecule has 0 aliphatic heterocycles.